The minimum absolute atomic E-state index is 0.169. The van der Waals surface area contributed by atoms with Crippen LogP contribution >= 0.6 is 0 Å². The topological polar surface area (TPSA) is 81.7 Å². The second-order valence-electron chi connectivity index (χ2n) is 6.01. The monoisotopic (exact) mass is 377 g/mol. The van der Waals surface area contributed by atoms with Crippen molar-refractivity contribution in [1.82, 2.24) is 4.72 Å². The van der Waals surface area contributed by atoms with Crippen molar-refractivity contribution in [2.75, 3.05) is 20.3 Å². The largest absolute Gasteiger partial charge is 0.492 e. The molecule has 0 saturated carbocycles. The molecule has 0 unspecified atom stereocenters. The minimum Gasteiger partial charge on any atom is -0.492 e. The van der Waals surface area contributed by atoms with Gasteiger partial charge in [-0.25, -0.2) is 17.9 Å². The normalized spacial score (nSPS) is 11.2. The number of aryl methyl sites for hydroxylation is 2. The molecular weight excluding hydrogens is 354 g/mol. The molecule has 0 heterocycles. The van der Waals surface area contributed by atoms with Crippen LogP contribution in [0.2, 0.25) is 0 Å². The number of hydrogen-bond acceptors (Lipinski definition) is 5. The molecule has 0 amide bonds. The van der Waals surface area contributed by atoms with Crippen molar-refractivity contribution < 1.29 is 22.7 Å². The van der Waals surface area contributed by atoms with E-state index in [2.05, 4.69) is 9.46 Å². The molecule has 2 aromatic carbocycles. The summed E-state index contributed by atoms with van der Waals surface area (Å²) in [6.45, 7) is 4.38. The van der Waals surface area contributed by atoms with E-state index >= 15 is 0 Å². The van der Waals surface area contributed by atoms with Crippen molar-refractivity contribution in [3.05, 3.63) is 64.7 Å². The average molecular weight is 377 g/mol. The van der Waals surface area contributed by atoms with Gasteiger partial charge in [0.2, 0.25) is 10.0 Å². The van der Waals surface area contributed by atoms with Crippen molar-refractivity contribution >= 4 is 16.0 Å². The highest BCUT2D eigenvalue weighted by molar-refractivity contribution is 7.88. The van der Waals surface area contributed by atoms with Gasteiger partial charge in [-0.3, -0.25) is 0 Å². The summed E-state index contributed by atoms with van der Waals surface area (Å²) in [7, 11) is -2.19. The molecule has 0 aliphatic carbocycles. The molecule has 26 heavy (non-hydrogen) atoms. The van der Waals surface area contributed by atoms with Gasteiger partial charge in [-0.2, -0.15) is 0 Å². The summed E-state index contributed by atoms with van der Waals surface area (Å²) in [5.41, 5.74) is 3.15. The predicted octanol–water partition coefficient (Wildman–Crippen LogP) is 2.59. The molecular formula is C19H23NO5S. The van der Waals surface area contributed by atoms with E-state index < -0.39 is 16.0 Å². The summed E-state index contributed by atoms with van der Waals surface area (Å²) in [5.74, 6) is 0.0963. The van der Waals surface area contributed by atoms with Crippen LogP contribution in [0.25, 0.3) is 0 Å². The predicted molar refractivity (Wildman–Crippen MR) is 99.8 cm³/mol. The Morgan fingerprint density at radius 3 is 2.23 bits per heavy atom. The number of ether oxygens (including phenoxy) is 2. The average Bonchev–Trinajstić information content (AvgIpc) is 2.57. The molecule has 0 fully saturated rings. The maximum atomic E-state index is 12.1. The Kier molecular flexibility index (Phi) is 6.76. The third-order valence-electron chi connectivity index (χ3n) is 3.62. The summed E-state index contributed by atoms with van der Waals surface area (Å²) >= 11 is 0. The lowest BCUT2D eigenvalue weighted by Gasteiger charge is -2.10. The molecule has 1 N–H and O–H groups in total. The van der Waals surface area contributed by atoms with Gasteiger partial charge in [-0.15, -0.1) is 0 Å². The van der Waals surface area contributed by atoms with Crippen LogP contribution in [0.15, 0.2) is 42.5 Å². The van der Waals surface area contributed by atoms with Crippen molar-refractivity contribution in [3.63, 3.8) is 0 Å². The number of carbonyl (C=O) groups excluding carboxylic acids is 1. The molecule has 2 aromatic rings. The zero-order chi connectivity index (χ0) is 19.2. The number of rotatable bonds is 8. The highest BCUT2D eigenvalue weighted by Crippen LogP contribution is 2.16. The Labute approximate surface area is 154 Å². The van der Waals surface area contributed by atoms with E-state index in [-0.39, 0.29) is 18.9 Å². The van der Waals surface area contributed by atoms with Crippen LogP contribution in [0.5, 0.6) is 5.75 Å². The van der Waals surface area contributed by atoms with E-state index in [4.69, 9.17) is 4.74 Å². The fourth-order valence-electron chi connectivity index (χ4n) is 2.51. The van der Waals surface area contributed by atoms with Crippen molar-refractivity contribution in [2.24, 2.45) is 0 Å². The van der Waals surface area contributed by atoms with Crippen LogP contribution in [0, 0.1) is 13.8 Å². The second kappa shape index (κ2) is 8.82. The SMILES string of the molecule is COC(=O)c1ccc(CS(=O)(=O)NCCOc2cc(C)cc(C)c2)cc1. The van der Waals surface area contributed by atoms with E-state index in [1.807, 2.05) is 32.0 Å². The first-order chi connectivity index (χ1) is 12.3. The highest BCUT2D eigenvalue weighted by Gasteiger charge is 2.12. The minimum atomic E-state index is -3.49. The highest BCUT2D eigenvalue weighted by atomic mass is 32.2. The molecule has 0 atom stereocenters. The summed E-state index contributed by atoms with van der Waals surface area (Å²) in [5, 5.41) is 0. The van der Waals surface area contributed by atoms with E-state index in [0.29, 0.717) is 11.1 Å². The maximum absolute atomic E-state index is 12.1. The molecule has 0 radical (unpaired) electrons. The number of benzene rings is 2. The molecule has 0 aliphatic heterocycles. The fourth-order valence-corrected chi connectivity index (χ4v) is 3.64. The number of hydrogen-bond donors (Lipinski definition) is 1. The molecule has 140 valence electrons. The van der Waals surface area contributed by atoms with Gasteiger partial charge in [0.1, 0.15) is 12.4 Å². The van der Waals surface area contributed by atoms with Gasteiger partial charge in [0.15, 0.2) is 0 Å². The van der Waals surface area contributed by atoms with Crippen LogP contribution in [0.3, 0.4) is 0 Å². The van der Waals surface area contributed by atoms with Gasteiger partial charge < -0.3 is 9.47 Å². The first-order valence-corrected chi connectivity index (χ1v) is 9.80. The molecule has 2 rings (SSSR count). The lowest BCUT2D eigenvalue weighted by Crippen LogP contribution is -2.29. The molecule has 0 saturated heterocycles. The Morgan fingerprint density at radius 1 is 1.04 bits per heavy atom. The van der Waals surface area contributed by atoms with Crippen LogP contribution in [-0.2, 0) is 20.5 Å². The van der Waals surface area contributed by atoms with Gasteiger partial charge in [0.05, 0.1) is 18.4 Å². The maximum Gasteiger partial charge on any atom is 0.337 e. The molecule has 0 aromatic heterocycles. The van der Waals surface area contributed by atoms with Crippen molar-refractivity contribution in [1.29, 1.82) is 0 Å². The molecule has 6 nitrogen and oxygen atoms in total. The Bertz CT molecular complexity index is 840. The quantitative estimate of drug-likeness (QED) is 0.565. The van der Waals surface area contributed by atoms with Gasteiger partial charge in [0, 0.05) is 6.54 Å². The van der Waals surface area contributed by atoms with E-state index in [9.17, 15) is 13.2 Å². The Balaban J connectivity index is 1.83. The van der Waals surface area contributed by atoms with E-state index in [1.54, 1.807) is 24.3 Å². The van der Waals surface area contributed by atoms with Crippen molar-refractivity contribution in [3.8, 4) is 5.75 Å². The molecule has 7 heteroatoms. The Morgan fingerprint density at radius 2 is 1.65 bits per heavy atom. The van der Waals surface area contributed by atoms with Crippen LogP contribution in [-0.4, -0.2) is 34.6 Å². The van der Waals surface area contributed by atoms with Crippen LogP contribution in [0.4, 0.5) is 0 Å². The molecule has 0 bridgehead atoms. The smallest absolute Gasteiger partial charge is 0.337 e. The van der Waals surface area contributed by atoms with Crippen LogP contribution < -0.4 is 9.46 Å². The van der Waals surface area contributed by atoms with Gasteiger partial charge >= 0.3 is 5.97 Å². The van der Waals surface area contributed by atoms with E-state index in [1.165, 1.54) is 7.11 Å². The van der Waals surface area contributed by atoms with Gasteiger partial charge in [-0.05, 0) is 54.8 Å². The zero-order valence-electron chi connectivity index (χ0n) is 15.1. The summed E-state index contributed by atoms with van der Waals surface area (Å²) in [6.07, 6.45) is 0. The van der Waals surface area contributed by atoms with Gasteiger partial charge in [-0.1, -0.05) is 18.2 Å². The molecule has 0 spiro atoms. The molecule has 0 aliphatic rings. The summed E-state index contributed by atoms with van der Waals surface area (Å²) in [4.78, 5) is 11.4. The fraction of sp³-hybridized carbons (Fsp3) is 0.316. The number of sulfonamides is 1. The number of nitrogens with one attached hydrogen (secondary N) is 1. The first kappa shape index (κ1) is 19.9. The lowest BCUT2D eigenvalue weighted by molar-refractivity contribution is 0.0600. The van der Waals surface area contributed by atoms with E-state index in [0.717, 1.165) is 16.9 Å². The third-order valence-corrected chi connectivity index (χ3v) is 4.98. The lowest BCUT2D eigenvalue weighted by atomic mass is 10.1. The summed E-state index contributed by atoms with van der Waals surface area (Å²) < 4.78 is 37.0. The van der Waals surface area contributed by atoms with Gasteiger partial charge in [0.25, 0.3) is 0 Å². The zero-order valence-corrected chi connectivity index (χ0v) is 15.9. The summed E-state index contributed by atoms with van der Waals surface area (Å²) in [6, 6.07) is 12.1. The number of methoxy groups -OCH3 is 1. The standard InChI is InChI=1S/C19H23NO5S/c1-14-10-15(2)12-18(11-14)25-9-8-20-26(22,23)13-16-4-6-17(7-5-16)19(21)24-3/h4-7,10-12,20H,8-9,13H2,1-3H3. The second-order valence-corrected chi connectivity index (χ2v) is 7.82. The van der Waals surface area contributed by atoms with Crippen LogP contribution in [0.1, 0.15) is 27.0 Å². The van der Waals surface area contributed by atoms with Crippen molar-refractivity contribution in [2.45, 2.75) is 19.6 Å². The first-order valence-electron chi connectivity index (χ1n) is 8.15. The Hall–Kier alpha value is -2.38. The third kappa shape index (κ3) is 6.16. The number of carbonyl (C=O) groups is 1. The number of esters is 1.